The minimum atomic E-state index is -0.654. The molecule has 2 amide bonds. The first-order chi connectivity index (χ1) is 16.4. The average molecular weight is 486 g/mol. The molecule has 1 atom stereocenters. The summed E-state index contributed by atoms with van der Waals surface area (Å²) in [4.78, 5) is 41.5. The molecule has 0 bridgehead atoms. The van der Waals surface area contributed by atoms with Gasteiger partial charge in [-0.2, -0.15) is 0 Å². The number of piperidine rings is 2. The van der Waals surface area contributed by atoms with Crippen LogP contribution < -0.4 is 16.3 Å². The molecule has 9 nitrogen and oxygen atoms in total. The molecule has 1 spiro atoms. The molecule has 2 aliphatic heterocycles. The summed E-state index contributed by atoms with van der Waals surface area (Å²) in [5, 5.41) is 0. The molecule has 2 N–H and O–H groups in total. The van der Waals surface area contributed by atoms with E-state index < -0.39 is 17.6 Å². The second kappa shape index (κ2) is 9.24. The zero-order chi connectivity index (χ0) is 25.5. The summed E-state index contributed by atoms with van der Waals surface area (Å²) in [5.41, 5.74) is 7.76. The fourth-order valence-corrected chi connectivity index (χ4v) is 5.59. The predicted octanol–water partition coefficient (Wildman–Crippen LogP) is 3.39. The zero-order valence-electron chi connectivity index (χ0n) is 21.7. The number of primary amides is 1. The van der Waals surface area contributed by atoms with Gasteiger partial charge in [0, 0.05) is 38.9 Å². The lowest BCUT2D eigenvalue weighted by molar-refractivity contribution is -0.121. The van der Waals surface area contributed by atoms with Crippen LogP contribution in [-0.4, -0.2) is 57.8 Å². The van der Waals surface area contributed by atoms with Gasteiger partial charge in [0.05, 0.1) is 11.0 Å². The number of hydrogen-bond acceptors (Lipinski definition) is 5. The Hall–Kier alpha value is -2.97. The first kappa shape index (κ1) is 25.1. The van der Waals surface area contributed by atoms with E-state index in [0.29, 0.717) is 6.42 Å². The first-order valence-corrected chi connectivity index (χ1v) is 12.7. The number of fused-ring (bicyclic) bond motifs is 1. The highest BCUT2D eigenvalue weighted by Crippen LogP contribution is 2.42. The third-order valence-corrected chi connectivity index (χ3v) is 7.76. The highest BCUT2D eigenvalue weighted by molar-refractivity contribution is 5.85. The van der Waals surface area contributed by atoms with Crippen molar-refractivity contribution in [3.05, 3.63) is 28.7 Å². The molecule has 0 saturated carbocycles. The smallest absolute Gasteiger partial charge is 0.410 e. The van der Waals surface area contributed by atoms with Gasteiger partial charge in [-0.05, 0) is 76.5 Å². The van der Waals surface area contributed by atoms with Crippen LogP contribution in [0, 0.1) is 5.41 Å². The molecule has 0 radical (unpaired) electrons. The summed E-state index contributed by atoms with van der Waals surface area (Å²) < 4.78 is 8.66. The van der Waals surface area contributed by atoms with Crippen LogP contribution in [0.15, 0.2) is 23.0 Å². The van der Waals surface area contributed by atoms with Gasteiger partial charge in [-0.25, -0.2) is 9.59 Å². The number of carbonyl (C=O) groups excluding carboxylic acids is 2. The Morgan fingerprint density at radius 1 is 1.06 bits per heavy atom. The second-order valence-corrected chi connectivity index (χ2v) is 11.2. The first-order valence-electron chi connectivity index (χ1n) is 12.7. The van der Waals surface area contributed by atoms with Crippen molar-refractivity contribution in [2.24, 2.45) is 18.2 Å². The van der Waals surface area contributed by atoms with Crippen LogP contribution in [0.4, 0.5) is 10.5 Å². The molecular formula is C26H39N5O4. The Balaban J connectivity index is 1.45. The Morgan fingerprint density at radius 3 is 2.20 bits per heavy atom. The van der Waals surface area contributed by atoms with E-state index in [-0.39, 0.29) is 17.2 Å². The number of aryl methyl sites for hydroxylation is 1. The van der Waals surface area contributed by atoms with Crippen LogP contribution in [0.3, 0.4) is 0 Å². The molecule has 0 aliphatic carbocycles. The summed E-state index contributed by atoms with van der Waals surface area (Å²) in [5.74, 6) is -0.495. The SMILES string of the molecule is CCC(C(N)=O)n1c(=O)n(C)c2cc(N3CCC4(CCN(C(=O)OC(C)(C)C)CC4)CC3)ccc21. The number of ether oxygens (including phenoxy) is 1. The van der Waals surface area contributed by atoms with E-state index in [1.165, 1.54) is 4.57 Å². The van der Waals surface area contributed by atoms with Crippen LogP contribution >= 0.6 is 0 Å². The molecule has 2 saturated heterocycles. The van der Waals surface area contributed by atoms with E-state index in [4.69, 9.17) is 10.5 Å². The van der Waals surface area contributed by atoms with Crippen molar-refractivity contribution >= 4 is 28.7 Å². The lowest BCUT2D eigenvalue weighted by atomic mass is 9.71. The molecule has 1 aromatic heterocycles. The van der Waals surface area contributed by atoms with Crippen molar-refractivity contribution in [3.63, 3.8) is 0 Å². The highest BCUT2D eigenvalue weighted by Gasteiger charge is 2.39. The molecule has 1 aromatic carbocycles. The fraction of sp³-hybridized carbons (Fsp3) is 0.654. The maximum atomic E-state index is 12.9. The van der Waals surface area contributed by atoms with E-state index in [1.807, 2.05) is 50.8 Å². The average Bonchev–Trinajstić information content (AvgIpc) is 3.04. The van der Waals surface area contributed by atoms with Crippen molar-refractivity contribution < 1.29 is 14.3 Å². The van der Waals surface area contributed by atoms with Crippen molar-refractivity contribution in [3.8, 4) is 0 Å². The van der Waals surface area contributed by atoms with Gasteiger partial charge >= 0.3 is 11.8 Å². The standard InChI is InChI=1S/C26H39N5O4/c1-6-19(22(27)32)31-20-8-7-18(17-21(20)28(5)23(31)33)29-13-9-26(10-14-29)11-15-30(16-12-26)24(34)35-25(2,3)4/h7-8,17,19H,6,9-16H2,1-5H3,(H2,27,32). The Morgan fingerprint density at radius 2 is 1.66 bits per heavy atom. The quantitative estimate of drug-likeness (QED) is 0.715. The molecule has 192 valence electrons. The molecule has 4 rings (SSSR count). The number of aromatic nitrogens is 2. The predicted molar refractivity (Wildman–Crippen MR) is 137 cm³/mol. The minimum Gasteiger partial charge on any atom is -0.444 e. The molecule has 1 unspecified atom stereocenters. The van der Waals surface area contributed by atoms with E-state index in [2.05, 4.69) is 4.90 Å². The van der Waals surface area contributed by atoms with Crippen LogP contribution in [0.25, 0.3) is 11.0 Å². The van der Waals surface area contributed by atoms with Crippen molar-refractivity contribution in [2.75, 3.05) is 31.1 Å². The van der Waals surface area contributed by atoms with Crippen LogP contribution in [0.2, 0.25) is 0 Å². The molecule has 3 heterocycles. The third-order valence-electron chi connectivity index (χ3n) is 7.76. The number of hydrogen-bond donors (Lipinski definition) is 1. The molecule has 9 heteroatoms. The van der Waals surface area contributed by atoms with Crippen molar-refractivity contribution in [1.82, 2.24) is 14.0 Å². The van der Waals surface area contributed by atoms with E-state index in [1.54, 1.807) is 11.6 Å². The molecule has 2 fully saturated rings. The summed E-state index contributed by atoms with van der Waals surface area (Å²) in [7, 11) is 1.74. The van der Waals surface area contributed by atoms with Crippen LogP contribution in [0.5, 0.6) is 0 Å². The number of rotatable bonds is 4. The van der Waals surface area contributed by atoms with Gasteiger partial charge in [-0.3, -0.25) is 13.9 Å². The molecule has 35 heavy (non-hydrogen) atoms. The van der Waals surface area contributed by atoms with E-state index in [0.717, 1.165) is 68.6 Å². The summed E-state index contributed by atoms with van der Waals surface area (Å²) in [6.07, 6.45) is 4.41. The molecule has 2 aliphatic rings. The summed E-state index contributed by atoms with van der Waals surface area (Å²) >= 11 is 0. The van der Waals surface area contributed by atoms with Crippen molar-refractivity contribution in [2.45, 2.75) is 71.4 Å². The van der Waals surface area contributed by atoms with Crippen LogP contribution in [-0.2, 0) is 16.6 Å². The lowest BCUT2D eigenvalue weighted by Crippen LogP contribution is -2.49. The maximum absolute atomic E-state index is 12.9. The summed E-state index contributed by atoms with van der Waals surface area (Å²) in [6.45, 7) is 10.9. The Kier molecular flexibility index (Phi) is 6.64. The number of nitrogens with two attached hydrogens (primary N) is 1. The normalized spacial score (nSPS) is 19.2. The van der Waals surface area contributed by atoms with Gasteiger partial charge < -0.3 is 20.3 Å². The lowest BCUT2D eigenvalue weighted by Gasteiger charge is -2.47. The van der Waals surface area contributed by atoms with Crippen LogP contribution in [0.1, 0.15) is 65.8 Å². The fourth-order valence-electron chi connectivity index (χ4n) is 5.59. The number of likely N-dealkylation sites (tertiary alicyclic amines) is 1. The second-order valence-electron chi connectivity index (χ2n) is 11.2. The van der Waals surface area contributed by atoms with E-state index in [9.17, 15) is 14.4 Å². The van der Waals surface area contributed by atoms with Gasteiger partial charge in [0.15, 0.2) is 0 Å². The van der Waals surface area contributed by atoms with Gasteiger partial charge in [0.1, 0.15) is 11.6 Å². The molecule has 2 aromatic rings. The monoisotopic (exact) mass is 485 g/mol. The minimum absolute atomic E-state index is 0.211. The largest absolute Gasteiger partial charge is 0.444 e. The van der Waals surface area contributed by atoms with E-state index >= 15 is 0 Å². The number of nitrogens with zero attached hydrogens (tertiary/aromatic N) is 4. The Labute approximate surface area is 206 Å². The number of imidazole rings is 1. The number of benzene rings is 1. The number of anilines is 1. The Bertz CT molecular complexity index is 1160. The number of carbonyl (C=O) groups is 2. The third kappa shape index (κ3) is 4.90. The highest BCUT2D eigenvalue weighted by atomic mass is 16.6. The van der Waals surface area contributed by atoms with Gasteiger partial charge in [-0.15, -0.1) is 0 Å². The van der Waals surface area contributed by atoms with Crippen molar-refractivity contribution in [1.29, 1.82) is 0 Å². The van der Waals surface area contributed by atoms with Gasteiger partial charge in [0.25, 0.3) is 0 Å². The summed E-state index contributed by atoms with van der Waals surface area (Å²) in [6, 6.07) is 5.36. The zero-order valence-corrected chi connectivity index (χ0v) is 21.7. The number of amides is 2. The molecular weight excluding hydrogens is 446 g/mol. The topological polar surface area (TPSA) is 103 Å². The van der Waals surface area contributed by atoms with Gasteiger partial charge in [0.2, 0.25) is 5.91 Å². The maximum Gasteiger partial charge on any atom is 0.410 e. The van der Waals surface area contributed by atoms with Gasteiger partial charge in [-0.1, -0.05) is 6.92 Å².